The van der Waals surface area contributed by atoms with E-state index < -0.39 is 5.60 Å². The number of methoxy groups -OCH3 is 2. The number of ether oxygens (including phenoxy) is 3. The summed E-state index contributed by atoms with van der Waals surface area (Å²) >= 11 is 0. The highest BCUT2D eigenvalue weighted by Gasteiger charge is 2.36. The van der Waals surface area contributed by atoms with Crippen molar-refractivity contribution in [2.24, 2.45) is 0 Å². The molecule has 1 aliphatic rings. The van der Waals surface area contributed by atoms with Crippen LogP contribution in [0.15, 0.2) is 42.5 Å². The number of hydrogen-bond donors (Lipinski definition) is 2. The van der Waals surface area contributed by atoms with Crippen molar-refractivity contribution in [1.29, 1.82) is 0 Å². The summed E-state index contributed by atoms with van der Waals surface area (Å²) in [6, 6.07) is 10.5. The van der Waals surface area contributed by atoms with E-state index in [4.69, 9.17) is 14.2 Å². The molecule has 28 heavy (non-hydrogen) atoms. The van der Waals surface area contributed by atoms with Crippen LogP contribution >= 0.6 is 0 Å². The van der Waals surface area contributed by atoms with Crippen molar-refractivity contribution >= 4 is 29.3 Å². The van der Waals surface area contributed by atoms with Gasteiger partial charge in [0, 0.05) is 6.08 Å². The van der Waals surface area contributed by atoms with Gasteiger partial charge >= 0.3 is 0 Å². The number of benzene rings is 2. The average molecular weight is 382 g/mol. The summed E-state index contributed by atoms with van der Waals surface area (Å²) in [4.78, 5) is 24.5. The number of para-hydroxylation sites is 1. The van der Waals surface area contributed by atoms with Gasteiger partial charge in [0.05, 0.1) is 19.9 Å². The smallest absolute Gasteiger partial charge is 0.268 e. The highest BCUT2D eigenvalue weighted by atomic mass is 16.5. The van der Waals surface area contributed by atoms with Gasteiger partial charge in [-0.3, -0.25) is 9.59 Å². The Morgan fingerprint density at radius 2 is 1.89 bits per heavy atom. The highest BCUT2D eigenvalue weighted by Crippen LogP contribution is 2.38. The number of nitrogens with one attached hydrogen (secondary N) is 2. The summed E-state index contributed by atoms with van der Waals surface area (Å²) in [6.07, 6.45) is 3.06. The minimum atomic E-state index is -0.969. The minimum Gasteiger partial charge on any atom is -0.493 e. The van der Waals surface area contributed by atoms with Crippen LogP contribution in [0.3, 0.4) is 0 Å². The van der Waals surface area contributed by atoms with Gasteiger partial charge in [-0.25, -0.2) is 0 Å². The summed E-state index contributed by atoms with van der Waals surface area (Å²) in [5.74, 6) is 1.07. The first-order valence-electron chi connectivity index (χ1n) is 8.68. The molecule has 0 saturated heterocycles. The fourth-order valence-electron chi connectivity index (χ4n) is 2.74. The first-order chi connectivity index (χ1) is 13.3. The van der Waals surface area contributed by atoms with Crippen molar-refractivity contribution in [2.75, 3.05) is 24.9 Å². The van der Waals surface area contributed by atoms with Crippen LogP contribution in [0.4, 0.5) is 11.4 Å². The number of anilines is 2. The quantitative estimate of drug-likeness (QED) is 0.774. The van der Waals surface area contributed by atoms with E-state index in [1.165, 1.54) is 6.08 Å². The van der Waals surface area contributed by atoms with E-state index in [0.29, 0.717) is 28.6 Å². The number of rotatable bonds is 5. The molecule has 2 amide bonds. The monoisotopic (exact) mass is 382 g/mol. The minimum absolute atomic E-state index is 0.275. The van der Waals surface area contributed by atoms with E-state index in [9.17, 15) is 9.59 Å². The molecule has 0 saturated carbocycles. The van der Waals surface area contributed by atoms with Crippen molar-refractivity contribution in [1.82, 2.24) is 0 Å². The number of amides is 2. The molecule has 2 N–H and O–H groups in total. The fraction of sp³-hybridized carbons (Fsp3) is 0.238. The molecule has 0 fully saturated rings. The van der Waals surface area contributed by atoms with Gasteiger partial charge in [0.25, 0.3) is 5.91 Å². The third kappa shape index (κ3) is 3.93. The first-order valence-corrected chi connectivity index (χ1v) is 8.68. The summed E-state index contributed by atoms with van der Waals surface area (Å²) in [6.45, 7) is 3.37. The SMILES string of the molecule is COc1ccc(/C=C/C(=O)Nc2cccc3c2NC(=O)C(C)(C)O3)cc1OC. The van der Waals surface area contributed by atoms with Crippen LogP contribution in [0, 0.1) is 0 Å². The Balaban J connectivity index is 1.76. The zero-order valence-electron chi connectivity index (χ0n) is 16.2. The Morgan fingerprint density at radius 3 is 2.61 bits per heavy atom. The number of carbonyl (C=O) groups is 2. The predicted molar refractivity (Wildman–Crippen MR) is 107 cm³/mol. The molecule has 146 valence electrons. The zero-order chi connectivity index (χ0) is 20.3. The molecule has 7 heteroatoms. The number of carbonyl (C=O) groups excluding carboxylic acids is 2. The van der Waals surface area contributed by atoms with E-state index in [1.807, 2.05) is 6.07 Å². The molecular weight excluding hydrogens is 360 g/mol. The van der Waals surface area contributed by atoms with Crippen LogP contribution in [0.25, 0.3) is 6.08 Å². The molecule has 0 spiro atoms. The van der Waals surface area contributed by atoms with Crippen LogP contribution in [0.1, 0.15) is 19.4 Å². The lowest BCUT2D eigenvalue weighted by Gasteiger charge is -2.32. The molecule has 2 aromatic carbocycles. The maximum absolute atomic E-state index is 12.4. The maximum atomic E-state index is 12.4. The average Bonchev–Trinajstić information content (AvgIpc) is 2.67. The van der Waals surface area contributed by atoms with Gasteiger partial charge in [-0.15, -0.1) is 0 Å². The van der Waals surface area contributed by atoms with Crippen molar-refractivity contribution in [2.45, 2.75) is 19.4 Å². The molecule has 0 bridgehead atoms. The fourth-order valence-corrected chi connectivity index (χ4v) is 2.74. The molecular formula is C21H22N2O5. The topological polar surface area (TPSA) is 85.9 Å². The van der Waals surface area contributed by atoms with Crippen LogP contribution in [0.2, 0.25) is 0 Å². The lowest BCUT2D eigenvalue weighted by atomic mass is 10.1. The Kier molecular flexibility index (Phi) is 5.26. The predicted octanol–water partition coefficient (Wildman–Crippen LogP) is 3.47. The van der Waals surface area contributed by atoms with Gasteiger partial charge in [-0.05, 0) is 49.8 Å². The summed E-state index contributed by atoms with van der Waals surface area (Å²) in [5.41, 5.74) is 0.715. The molecule has 0 atom stereocenters. The van der Waals surface area contributed by atoms with Crippen LogP contribution < -0.4 is 24.8 Å². The summed E-state index contributed by atoms with van der Waals surface area (Å²) < 4.78 is 16.2. The molecule has 0 radical (unpaired) electrons. The second-order valence-electron chi connectivity index (χ2n) is 6.68. The van der Waals surface area contributed by atoms with Gasteiger partial charge in [0.15, 0.2) is 17.1 Å². The van der Waals surface area contributed by atoms with E-state index >= 15 is 0 Å². The second-order valence-corrected chi connectivity index (χ2v) is 6.68. The van der Waals surface area contributed by atoms with E-state index in [0.717, 1.165) is 5.56 Å². The number of fused-ring (bicyclic) bond motifs is 1. The highest BCUT2D eigenvalue weighted by molar-refractivity contribution is 6.08. The maximum Gasteiger partial charge on any atom is 0.268 e. The number of hydrogen-bond acceptors (Lipinski definition) is 5. The second kappa shape index (κ2) is 7.64. The van der Waals surface area contributed by atoms with E-state index in [1.54, 1.807) is 64.5 Å². The van der Waals surface area contributed by atoms with Crippen molar-refractivity contribution in [3.63, 3.8) is 0 Å². The Bertz CT molecular complexity index is 950. The Morgan fingerprint density at radius 1 is 1.14 bits per heavy atom. The Hall–Kier alpha value is -3.48. The lowest BCUT2D eigenvalue weighted by Crippen LogP contribution is -2.45. The lowest BCUT2D eigenvalue weighted by molar-refractivity contribution is -0.129. The molecule has 0 aromatic heterocycles. The molecule has 1 heterocycles. The molecule has 1 aliphatic heterocycles. The third-order valence-corrected chi connectivity index (χ3v) is 4.27. The van der Waals surface area contributed by atoms with Gasteiger partial charge in [-0.1, -0.05) is 12.1 Å². The van der Waals surface area contributed by atoms with E-state index in [-0.39, 0.29) is 11.8 Å². The van der Waals surface area contributed by atoms with Crippen LogP contribution in [-0.2, 0) is 9.59 Å². The van der Waals surface area contributed by atoms with Crippen LogP contribution in [0.5, 0.6) is 17.2 Å². The van der Waals surface area contributed by atoms with Crippen LogP contribution in [-0.4, -0.2) is 31.6 Å². The van der Waals surface area contributed by atoms with Crippen molar-refractivity contribution in [3.8, 4) is 17.2 Å². The Labute approximate surface area is 163 Å². The van der Waals surface area contributed by atoms with Crippen molar-refractivity contribution < 1.29 is 23.8 Å². The third-order valence-electron chi connectivity index (χ3n) is 4.27. The van der Waals surface area contributed by atoms with Crippen molar-refractivity contribution in [3.05, 3.63) is 48.0 Å². The normalized spacial score (nSPS) is 14.6. The summed E-state index contributed by atoms with van der Waals surface area (Å²) in [7, 11) is 3.11. The zero-order valence-corrected chi connectivity index (χ0v) is 16.2. The molecule has 0 aliphatic carbocycles. The standard InChI is InChI=1S/C21H22N2O5/c1-21(2)20(25)23-19-14(6-5-7-16(19)28-21)22-18(24)11-9-13-8-10-15(26-3)17(12-13)27-4/h5-12H,1-4H3,(H,22,24)(H,23,25)/b11-9+. The van der Waals surface area contributed by atoms with Gasteiger partial charge in [0.1, 0.15) is 11.4 Å². The largest absolute Gasteiger partial charge is 0.493 e. The molecule has 0 unspecified atom stereocenters. The summed E-state index contributed by atoms with van der Waals surface area (Å²) in [5, 5.41) is 5.56. The molecule has 2 aromatic rings. The first kappa shape index (κ1) is 19.3. The van der Waals surface area contributed by atoms with Gasteiger partial charge in [0.2, 0.25) is 5.91 Å². The molecule has 3 rings (SSSR count). The van der Waals surface area contributed by atoms with Gasteiger partial charge < -0.3 is 24.8 Å². The molecule has 7 nitrogen and oxygen atoms in total. The van der Waals surface area contributed by atoms with E-state index in [2.05, 4.69) is 10.6 Å². The van der Waals surface area contributed by atoms with Gasteiger partial charge in [-0.2, -0.15) is 0 Å².